The summed E-state index contributed by atoms with van der Waals surface area (Å²) in [6, 6.07) is 14.6. The van der Waals surface area contributed by atoms with Crippen molar-refractivity contribution in [2.75, 3.05) is 5.32 Å². The highest BCUT2D eigenvalue weighted by atomic mass is 32.1. The minimum absolute atomic E-state index is 0.168. The van der Waals surface area contributed by atoms with Gasteiger partial charge in [-0.3, -0.25) is 9.59 Å². The van der Waals surface area contributed by atoms with Crippen molar-refractivity contribution in [2.24, 2.45) is 0 Å². The van der Waals surface area contributed by atoms with Crippen LogP contribution >= 0.6 is 11.3 Å². The average molecular weight is 306 g/mol. The second-order valence-electron chi connectivity index (χ2n) is 4.91. The Balaban J connectivity index is 1.71. The molecule has 5 heteroatoms. The molecule has 4 nitrogen and oxygen atoms in total. The van der Waals surface area contributed by atoms with Gasteiger partial charge in [-0.15, -0.1) is 0 Å². The van der Waals surface area contributed by atoms with Crippen LogP contribution in [0.2, 0.25) is 0 Å². The van der Waals surface area contributed by atoms with Gasteiger partial charge in [-0.25, -0.2) is 4.98 Å². The predicted molar refractivity (Wildman–Crippen MR) is 86.4 cm³/mol. The van der Waals surface area contributed by atoms with E-state index in [1.165, 1.54) is 17.4 Å². The Morgan fingerprint density at radius 2 is 1.64 bits per heavy atom. The predicted octanol–water partition coefficient (Wildman–Crippen LogP) is 3.67. The quantitative estimate of drug-likeness (QED) is 0.785. The SMILES string of the molecule is O=C1C=C(Nc2nc3ccccc3s2)C(=O)c2ccccc21. The summed E-state index contributed by atoms with van der Waals surface area (Å²) in [5.41, 5.74) is 2.01. The average Bonchev–Trinajstić information content (AvgIpc) is 2.95. The number of nitrogens with one attached hydrogen (secondary N) is 1. The lowest BCUT2D eigenvalue weighted by atomic mass is 9.93. The Kier molecular flexibility index (Phi) is 2.87. The van der Waals surface area contributed by atoms with Gasteiger partial charge in [0.1, 0.15) is 0 Å². The van der Waals surface area contributed by atoms with E-state index in [0.29, 0.717) is 16.3 Å². The van der Waals surface area contributed by atoms with Crippen LogP contribution < -0.4 is 5.32 Å². The van der Waals surface area contributed by atoms with Crippen LogP contribution in [0.5, 0.6) is 0 Å². The van der Waals surface area contributed by atoms with E-state index >= 15 is 0 Å². The van der Waals surface area contributed by atoms with Crippen molar-refractivity contribution in [3.63, 3.8) is 0 Å². The zero-order valence-corrected chi connectivity index (χ0v) is 12.2. The molecule has 0 radical (unpaired) electrons. The molecule has 106 valence electrons. The number of allylic oxidation sites excluding steroid dienone is 2. The van der Waals surface area contributed by atoms with Crippen molar-refractivity contribution >= 4 is 38.3 Å². The van der Waals surface area contributed by atoms with E-state index in [-0.39, 0.29) is 17.3 Å². The van der Waals surface area contributed by atoms with Gasteiger partial charge in [0.05, 0.1) is 15.9 Å². The first-order valence-corrected chi connectivity index (χ1v) is 7.56. The molecule has 0 atom stereocenters. The Bertz CT molecular complexity index is 923. The molecule has 0 unspecified atom stereocenters. The number of carbonyl (C=O) groups excluding carboxylic acids is 2. The van der Waals surface area contributed by atoms with Crippen molar-refractivity contribution in [2.45, 2.75) is 0 Å². The molecule has 1 heterocycles. The van der Waals surface area contributed by atoms with Gasteiger partial charge in [0.25, 0.3) is 0 Å². The third-order valence-electron chi connectivity index (χ3n) is 3.49. The zero-order chi connectivity index (χ0) is 15.1. The van der Waals surface area contributed by atoms with Gasteiger partial charge >= 0.3 is 0 Å². The molecule has 3 aromatic rings. The van der Waals surface area contributed by atoms with Crippen molar-refractivity contribution in [3.8, 4) is 0 Å². The zero-order valence-electron chi connectivity index (χ0n) is 11.4. The molecule has 2 aromatic carbocycles. The van der Waals surface area contributed by atoms with Gasteiger partial charge in [-0.1, -0.05) is 47.7 Å². The first-order valence-electron chi connectivity index (χ1n) is 6.75. The molecule has 4 rings (SSSR count). The lowest BCUT2D eigenvalue weighted by Gasteiger charge is -2.14. The van der Waals surface area contributed by atoms with E-state index in [9.17, 15) is 9.59 Å². The second-order valence-corrected chi connectivity index (χ2v) is 5.94. The van der Waals surface area contributed by atoms with E-state index in [4.69, 9.17) is 0 Å². The van der Waals surface area contributed by atoms with Crippen LogP contribution in [0.1, 0.15) is 20.7 Å². The van der Waals surface area contributed by atoms with Crippen LogP contribution in [0.15, 0.2) is 60.3 Å². The number of rotatable bonds is 2. The standard InChI is InChI=1S/C17H10N2O2S/c20-14-9-13(16(21)11-6-2-1-5-10(11)14)19-17-18-12-7-3-4-8-15(12)22-17/h1-9H,(H,18,19). The molecular formula is C17H10N2O2S. The van der Waals surface area contributed by atoms with Crippen molar-refractivity contribution in [1.29, 1.82) is 0 Å². The fourth-order valence-corrected chi connectivity index (χ4v) is 3.33. The fourth-order valence-electron chi connectivity index (χ4n) is 2.45. The van der Waals surface area contributed by atoms with E-state index in [0.717, 1.165) is 10.2 Å². The molecule has 1 N–H and O–H groups in total. The smallest absolute Gasteiger partial charge is 0.210 e. The molecular weight excluding hydrogens is 296 g/mol. The molecule has 22 heavy (non-hydrogen) atoms. The fraction of sp³-hybridized carbons (Fsp3) is 0. The summed E-state index contributed by atoms with van der Waals surface area (Å²) in [5, 5.41) is 3.59. The summed E-state index contributed by atoms with van der Waals surface area (Å²) in [6.07, 6.45) is 1.34. The first-order chi connectivity index (χ1) is 10.7. The number of hydrogen-bond acceptors (Lipinski definition) is 5. The third-order valence-corrected chi connectivity index (χ3v) is 4.44. The van der Waals surface area contributed by atoms with Crippen LogP contribution in [-0.4, -0.2) is 16.6 Å². The number of nitrogens with zero attached hydrogens (tertiary/aromatic N) is 1. The highest BCUT2D eigenvalue weighted by molar-refractivity contribution is 7.22. The topological polar surface area (TPSA) is 59.1 Å². The molecule has 1 aliphatic rings. The lowest BCUT2D eigenvalue weighted by Crippen LogP contribution is -2.21. The summed E-state index contributed by atoms with van der Waals surface area (Å²) in [7, 11) is 0. The number of thiazole rings is 1. The van der Waals surface area contributed by atoms with Crippen LogP contribution in [0, 0.1) is 0 Å². The van der Waals surface area contributed by atoms with Gasteiger partial charge in [0.15, 0.2) is 10.9 Å². The summed E-state index contributed by atoms with van der Waals surface area (Å²) in [4.78, 5) is 29.0. The molecule has 1 aliphatic carbocycles. The summed E-state index contributed by atoms with van der Waals surface area (Å²) >= 11 is 1.45. The Hall–Kier alpha value is -2.79. The number of benzene rings is 2. The number of hydrogen-bond donors (Lipinski definition) is 1. The number of aromatic nitrogens is 1. The van der Waals surface area contributed by atoms with E-state index in [2.05, 4.69) is 10.3 Å². The van der Waals surface area contributed by atoms with E-state index in [1.54, 1.807) is 24.3 Å². The highest BCUT2D eigenvalue weighted by Gasteiger charge is 2.25. The molecule has 0 amide bonds. The number of carbonyl (C=O) groups is 2. The van der Waals surface area contributed by atoms with Gasteiger partial charge < -0.3 is 5.32 Å². The van der Waals surface area contributed by atoms with Crippen LogP contribution in [0.4, 0.5) is 5.13 Å². The summed E-state index contributed by atoms with van der Waals surface area (Å²) < 4.78 is 1.03. The number of fused-ring (bicyclic) bond motifs is 2. The molecule has 0 saturated carbocycles. The van der Waals surface area contributed by atoms with Gasteiger partial charge in [-0.05, 0) is 12.1 Å². The van der Waals surface area contributed by atoms with Gasteiger partial charge in [0.2, 0.25) is 5.78 Å². The Morgan fingerprint density at radius 1 is 0.909 bits per heavy atom. The minimum atomic E-state index is -0.186. The van der Waals surface area contributed by atoms with Crippen molar-refractivity contribution in [1.82, 2.24) is 4.98 Å². The maximum atomic E-state index is 12.5. The molecule has 0 aliphatic heterocycles. The Morgan fingerprint density at radius 3 is 2.45 bits per heavy atom. The number of anilines is 1. The van der Waals surface area contributed by atoms with E-state index in [1.807, 2.05) is 24.3 Å². The molecule has 0 bridgehead atoms. The van der Waals surface area contributed by atoms with Crippen LogP contribution in [-0.2, 0) is 0 Å². The molecule has 1 aromatic heterocycles. The Labute approximate surface area is 130 Å². The molecule has 0 fully saturated rings. The maximum absolute atomic E-state index is 12.5. The van der Waals surface area contributed by atoms with Gasteiger partial charge in [0, 0.05) is 17.2 Å². The number of para-hydroxylation sites is 1. The van der Waals surface area contributed by atoms with Crippen LogP contribution in [0.25, 0.3) is 10.2 Å². The molecule has 0 saturated heterocycles. The van der Waals surface area contributed by atoms with Crippen LogP contribution in [0.3, 0.4) is 0 Å². The van der Waals surface area contributed by atoms with E-state index < -0.39 is 0 Å². The third kappa shape index (κ3) is 2.03. The van der Waals surface area contributed by atoms with Crippen molar-refractivity contribution < 1.29 is 9.59 Å². The largest absolute Gasteiger partial charge is 0.328 e. The summed E-state index contributed by atoms with van der Waals surface area (Å²) in [5.74, 6) is -0.353. The maximum Gasteiger partial charge on any atom is 0.210 e. The highest BCUT2D eigenvalue weighted by Crippen LogP contribution is 2.28. The lowest BCUT2D eigenvalue weighted by molar-refractivity contribution is 0.0985. The molecule has 0 spiro atoms. The minimum Gasteiger partial charge on any atom is -0.328 e. The summed E-state index contributed by atoms with van der Waals surface area (Å²) in [6.45, 7) is 0. The van der Waals surface area contributed by atoms with Crippen molar-refractivity contribution in [3.05, 3.63) is 71.4 Å². The number of Topliss-reactive ketones (excluding diaryl/α,β-unsaturated/α-hetero) is 1. The number of ketones is 2. The second kappa shape index (κ2) is 4.89. The van der Waals surface area contributed by atoms with Gasteiger partial charge in [-0.2, -0.15) is 0 Å². The normalized spacial score (nSPS) is 13.9. The monoisotopic (exact) mass is 306 g/mol. The first kappa shape index (κ1) is 12.9.